The number of hydrogen-bond acceptors (Lipinski definition) is 5. The number of carbonyl (C=O) groups excluding carboxylic acids is 1. The average molecular weight is 315 g/mol. The molecule has 0 amide bonds. The molecular formula is C15H13N3O3S. The van der Waals surface area contributed by atoms with E-state index in [1.54, 1.807) is 12.4 Å². The normalized spacial score (nSPS) is 13.9. The number of aryl methyl sites for hydroxylation is 1. The van der Waals surface area contributed by atoms with Crippen LogP contribution in [0.5, 0.6) is 5.75 Å². The lowest BCUT2D eigenvalue weighted by Crippen LogP contribution is -2.14. The summed E-state index contributed by atoms with van der Waals surface area (Å²) in [5.41, 5.74) is 1.93. The van der Waals surface area contributed by atoms with Crippen LogP contribution in [0.3, 0.4) is 0 Å². The zero-order valence-electron chi connectivity index (χ0n) is 11.9. The fourth-order valence-electron chi connectivity index (χ4n) is 2.90. The number of aromatic nitrogens is 3. The molecule has 4 heterocycles. The number of hydrogen-bond donors (Lipinski definition) is 2. The molecule has 0 bridgehead atoms. The van der Waals surface area contributed by atoms with Gasteiger partial charge in [-0.1, -0.05) is 0 Å². The Bertz CT molecular complexity index is 937. The summed E-state index contributed by atoms with van der Waals surface area (Å²) in [7, 11) is 0. The van der Waals surface area contributed by atoms with Crippen molar-refractivity contribution in [2.24, 2.45) is 0 Å². The predicted octanol–water partition coefficient (Wildman–Crippen LogP) is 2.51. The second-order valence-electron chi connectivity index (χ2n) is 5.27. The molecule has 112 valence electrons. The smallest absolute Gasteiger partial charge is 0.266 e. The summed E-state index contributed by atoms with van der Waals surface area (Å²) in [6.07, 6.45) is 5.01. The SMILES string of the molecule is CC(=O)c1[nH]c(=O)c2sc(-c3cn[nH]c3)c3c2c1CCCO3. The Kier molecular flexibility index (Phi) is 2.90. The number of Topliss-reactive ketones (excluding diaryl/α,β-unsaturated/α-hetero) is 1. The molecule has 1 aliphatic heterocycles. The first kappa shape index (κ1) is 13.3. The summed E-state index contributed by atoms with van der Waals surface area (Å²) in [5, 5.41) is 7.52. The number of pyridine rings is 1. The first-order valence-electron chi connectivity index (χ1n) is 7.01. The molecule has 7 heteroatoms. The lowest BCUT2D eigenvalue weighted by atomic mass is 10.0. The minimum atomic E-state index is -0.240. The molecule has 3 aromatic heterocycles. The maximum Gasteiger partial charge on any atom is 0.266 e. The molecule has 0 saturated carbocycles. The molecule has 22 heavy (non-hydrogen) atoms. The molecule has 0 atom stereocenters. The van der Waals surface area contributed by atoms with Gasteiger partial charge in [0.2, 0.25) is 0 Å². The molecule has 1 aliphatic rings. The molecule has 4 rings (SSSR count). The van der Waals surface area contributed by atoms with Gasteiger partial charge in [-0.2, -0.15) is 5.10 Å². The van der Waals surface area contributed by atoms with Crippen molar-refractivity contribution in [3.63, 3.8) is 0 Å². The molecule has 0 saturated heterocycles. The van der Waals surface area contributed by atoms with Gasteiger partial charge in [-0.15, -0.1) is 11.3 Å². The number of aromatic amines is 2. The summed E-state index contributed by atoms with van der Waals surface area (Å²) >= 11 is 1.38. The Morgan fingerprint density at radius 2 is 2.32 bits per heavy atom. The van der Waals surface area contributed by atoms with Crippen molar-refractivity contribution in [3.05, 3.63) is 34.0 Å². The second kappa shape index (κ2) is 4.81. The highest BCUT2D eigenvalue weighted by Crippen LogP contribution is 2.46. The Morgan fingerprint density at radius 3 is 3.05 bits per heavy atom. The van der Waals surface area contributed by atoms with Crippen LogP contribution in [-0.4, -0.2) is 27.6 Å². The first-order valence-corrected chi connectivity index (χ1v) is 7.83. The van der Waals surface area contributed by atoms with E-state index in [2.05, 4.69) is 15.2 Å². The van der Waals surface area contributed by atoms with Gasteiger partial charge in [0.05, 0.1) is 23.4 Å². The summed E-state index contributed by atoms with van der Waals surface area (Å²) in [6, 6.07) is 0. The summed E-state index contributed by atoms with van der Waals surface area (Å²) in [5.74, 6) is 0.570. The third kappa shape index (κ3) is 1.82. The first-order chi connectivity index (χ1) is 10.7. The number of carbonyl (C=O) groups is 1. The standard InChI is InChI=1S/C15H13N3O3S/c1-7(19)11-9-3-2-4-21-12-10(9)14(15(20)18-11)22-13(12)8-5-16-17-6-8/h5-6H,2-4H2,1H3,(H,16,17)(H,18,20). The van der Waals surface area contributed by atoms with E-state index in [-0.39, 0.29) is 11.3 Å². The van der Waals surface area contributed by atoms with Crippen molar-refractivity contribution in [1.82, 2.24) is 15.2 Å². The van der Waals surface area contributed by atoms with E-state index in [9.17, 15) is 9.59 Å². The fraction of sp³-hybridized carbons (Fsp3) is 0.267. The van der Waals surface area contributed by atoms with Crippen LogP contribution in [0.1, 0.15) is 29.4 Å². The molecule has 0 aromatic carbocycles. The zero-order chi connectivity index (χ0) is 15.3. The van der Waals surface area contributed by atoms with Gasteiger partial charge in [0.25, 0.3) is 5.56 Å². The van der Waals surface area contributed by atoms with Gasteiger partial charge in [-0.05, 0) is 18.4 Å². The minimum Gasteiger partial charge on any atom is -0.491 e. The van der Waals surface area contributed by atoms with Crippen molar-refractivity contribution in [3.8, 4) is 16.2 Å². The summed E-state index contributed by atoms with van der Waals surface area (Å²) < 4.78 is 6.51. The van der Waals surface area contributed by atoms with Crippen LogP contribution in [0.15, 0.2) is 17.2 Å². The van der Waals surface area contributed by atoms with Crippen molar-refractivity contribution < 1.29 is 9.53 Å². The lowest BCUT2D eigenvalue weighted by molar-refractivity contribution is 0.101. The third-order valence-electron chi connectivity index (χ3n) is 3.84. The number of nitrogens with one attached hydrogen (secondary N) is 2. The average Bonchev–Trinajstić information content (AvgIpc) is 3.07. The maximum atomic E-state index is 12.4. The monoisotopic (exact) mass is 315 g/mol. The quantitative estimate of drug-likeness (QED) is 0.711. The molecule has 0 radical (unpaired) electrons. The summed E-state index contributed by atoms with van der Waals surface area (Å²) in [6.45, 7) is 2.04. The van der Waals surface area contributed by atoms with Crippen LogP contribution in [0.25, 0.3) is 20.5 Å². The minimum absolute atomic E-state index is 0.127. The Morgan fingerprint density at radius 1 is 1.45 bits per heavy atom. The number of ketones is 1. The number of thiophene rings is 1. The molecule has 6 nitrogen and oxygen atoms in total. The van der Waals surface area contributed by atoms with E-state index < -0.39 is 0 Å². The van der Waals surface area contributed by atoms with Crippen LogP contribution in [0.2, 0.25) is 0 Å². The van der Waals surface area contributed by atoms with Gasteiger partial charge in [0.1, 0.15) is 10.4 Å². The van der Waals surface area contributed by atoms with Gasteiger partial charge in [0, 0.05) is 24.1 Å². The molecular weight excluding hydrogens is 302 g/mol. The highest BCUT2D eigenvalue weighted by molar-refractivity contribution is 7.22. The van der Waals surface area contributed by atoms with E-state index >= 15 is 0 Å². The number of H-pyrrole nitrogens is 2. The number of rotatable bonds is 2. The van der Waals surface area contributed by atoms with Crippen LogP contribution in [-0.2, 0) is 6.42 Å². The van der Waals surface area contributed by atoms with E-state index in [1.165, 1.54) is 18.3 Å². The molecule has 0 aliphatic carbocycles. The van der Waals surface area contributed by atoms with Crippen molar-refractivity contribution in [1.29, 1.82) is 0 Å². The fourth-order valence-corrected chi connectivity index (χ4v) is 4.05. The van der Waals surface area contributed by atoms with Crippen molar-refractivity contribution in [2.75, 3.05) is 6.61 Å². The van der Waals surface area contributed by atoms with Crippen LogP contribution < -0.4 is 10.3 Å². The van der Waals surface area contributed by atoms with E-state index in [0.29, 0.717) is 22.8 Å². The molecule has 0 fully saturated rings. The van der Waals surface area contributed by atoms with Gasteiger partial charge in [0.15, 0.2) is 5.78 Å². The summed E-state index contributed by atoms with van der Waals surface area (Å²) in [4.78, 5) is 27.9. The van der Waals surface area contributed by atoms with E-state index in [1.807, 2.05) is 0 Å². The van der Waals surface area contributed by atoms with Crippen LogP contribution in [0.4, 0.5) is 0 Å². The molecule has 3 aromatic rings. The van der Waals surface area contributed by atoms with Crippen LogP contribution in [0, 0.1) is 0 Å². The Balaban J connectivity index is 2.15. The topological polar surface area (TPSA) is 87.8 Å². The maximum absolute atomic E-state index is 12.4. The number of nitrogens with zero attached hydrogens (tertiary/aromatic N) is 1. The van der Waals surface area contributed by atoms with Gasteiger partial charge >= 0.3 is 0 Å². The highest BCUT2D eigenvalue weighted by atomic mass is 32.1. The van der Waals surface area contributed by atoms with E-state index in [4.69, 9.17) is 4.74 Å². The van der Waals surface area contributed by atoms with Gasteiger partial charge in [-0.3, -0.25) is 14.7 Å². The second-order valence-corrected chi connectivity index (χ2v) is 6.29. The molecule has 0 unspecified atom stereocenters. The van der Waals surface area contributed by atoms with Crippen molar-refractivity contribution in [2.45, 2.75) is 19.8 Å². The van der Waals surface area contributed by atoms with Gasteiger partial charge < -0.3 is 9.72 Å². The Hall–Kier alpha value is -2.41. The van der Waals surface area contributed by atoms with Crippen LogP contribution >= 0.6 is 11.3 Å². The molecule has 2 N–H and O–H groups in total. The van der Waals surface area contributed by atoms with E-state index in [0.717, 1.165) is 34.2 Å². The third-order valence-corrected chi connectivity index (χ3v) is 5.06. The zero-order valence-corrected chi connectivity index (χ0v) is 12.7. The Labute approximate surface area is 129 Å². The largest absolute Gasteiger partial charge is 0.491 e. The predicted molar refractivity (Wildman–Crippen MR) is 83.8 cm³/mol. The lowest BCUT2D eigenvalue weighted by Gasteiger charge is -2.06. The van der Waals surface area contributed by atoms with Crippen molar-refractivity contribution >= 4 is 27.2 Å². The van der Waals surface area contributed by atoms with Gasteiger partial charge in [-0.25, -0.2) is 0 Å². The highest BCUT2D eigenvalue weighted by Gasteiger charge is 2.26. The molecule has 0 spiro atoms. The number of ether oxygens (including phenoxy) is 1.